The van der Waals surface area contributed by atoms with Gasteiger partial charge in [-0.3, -0.25) is 4.79 Å². The molecule has 0 amide bonds. The van der Waals surface area contributed by atoms with E-state index in [0.29, 0.717) is 29.2 Å². The van der Waals surface area contributed by atoms with Crippen molar-refractivity contribution in [3.05, 3.63) is 35.8 Å². The predicted octanol–water partition coefficient (Wildman–Crippen LogP) is 3.53. The van der Waals surface area contributed by atoms with Crippen molar-refractivity contribution < 1.29 is 13.6 Å². The third-order valence-corrected chi connectivity index (χ3v) is 2.89. The normalized spacial score (nSPS) is 11.4. The number of Topliss-reactive ketones (excluding diaryl/α,β-unsaturated/α-hetero) is 1. The van der Waals surface area contributed by atoms with Crippen molar-refractivity contribution in [1.29, 1.82) is 0 Å². The van der Waals surface area contributed by atoms with E-state index in [9.17, 15) is 9.18 Å². The highest BCUT2D eigenvalue weighted by Crippen LogP contribution is 2.21. The lowest BCUT2D eigenvalue weighted by molar-refractivity contribution is 0.0955. The Morgan fingerprint density at radius 3 is 2.89 bits per heavy atom. The highest BCUT2D eigenvalue weighted by atomic mass is 19.1. The molecule has 3 nitrogen and oxygen atoms in total. The highest BCUT2D eigenvalue weighted by molar-refractivity contribution is 5.97. The molecule has 0 fully saturated rings. The van der Waals surface area contributed by atoms with Crippen molar-refractivity contribution in [2.45, 2.75) is 32.7 Å². The van der Waals surface area contributed by atoms with E-state index in [1.165, 1.54) is 12.1 Å². The van der Waals surface area contributed by atoms with Crippen LogP contribution in [0.4, 0.5) is 4.39 Å². The Kier molecular flexibility index (Phi) is 4.32. The van der Waals surface area contributed by atoms with Gasteiger partial charge in [-0.05, 0) is 37.2 Å². The minimum Gasteiger partial charge on any atom is -0.453 e. The lowest BCUT2D eigenvalue weighted by atomic mass is 10.1. The molecule has 0 atom stereocenters. The van der Waals surface area contributed by atoms with Crippen LogP contribution in [-0.4, -0.2) is 18.4 Å². The number of hydrogen-bond acceptors (Lipinski definition) is 3. The first-order chi connectivity index (χ1) is 9.06. The number of rotatable bonds is 6. The molecule has 0 radical (unpaired) electrons. The molecule has 1 aromatic carbocycles. The van der Waals surface area contributed by atoms with Crippen LogP contribution in [0.15, 0.2) is 28.7 Å². The van der Waals surface area contributed by atoms with Gasteiger partial charge in [-0.15, -0.1) is 0 Å². The summed E-state index contributed by atoms with van der Waals surface area (Å²) in [6, 6.07) is 6.27. The Morgan fingerprint density at radius 1 is 1.37 bits per heavy atom. The molecule has 2 rings (SSSR count). The standard InChI is InChI=1S/C15H18FNO2/c1-10(2)17-7-3-4-13(18)15-9-11-8-12(16)5-6-14(11)19-15/h5-6,8-10,17H,3-4,7H2,1-2H3. The molecule has 19 heavy (non-hydrogen) atoms. The van der Waals surface area contributed by atoms with Crippen LogP contribution in [0.3, 0.4) is 0 Å². The van der Waals surface area contributed by atoms with E-state index in [4.69, 9.17) is 4.42 Å². The van der Waals surface area contributed by atoms with Gasteiger partial charge in [0.2, 0.25) is 0 Å². The monoisotopic (exact) mass is 263 g/mol. The van der Waals surface area contributed by atoms with Crippen molar-refractivity contribution in [1.82, 2.24) is 5.32 Å². The van der Waals surface area contributed by atoms with Crippen LogP contribution in [0.2, 0.25) is 0 Å². The average Bonchev–Trinajstić information content (AvgIpc) is 2.77. The predicted molar refractivity (Wildman–Crippen MR) is 72.9 cm³/mol. The van der Waals surface area contributed by atoms with Gasteiger partial charge in [0.1, 0.15) is 11.4 Å². The first kappa shape index (κ1) is 13.7. The molecule has 0 bridgehead atoms. The van der Waals surface area contributed by atoms with E-state index in [1.54, 1.807) is 12.1 Å². The van der Waals surface area contributed by atoms with Gasteiger partial charge in [0.05, 0.1) is 0 Å². The molecule has 0 spiro atoms. The summed E-state index contributed by atoms with van der Waals surface area (Å²) in [6.07, 6.45) is 1.20. The number of ketones is 1. The maximum Gasteiger partial charge on any atom is 0.198 e. The fourth-order valence-electron chi connectivity index (χ4n) is 1.91. The summed E-state index contributed by atoms with van der Waals surface area (Å²) < 4.78 is 18.5. The average molecular weight is 263 g/mol. The van der Waals surface area contributed by atoms with Crippen LogP contribution in [0.5, 0.6) is 0 Å². The van der Waals surface area contributed by atoms with Gasteiger partial charge in [-0.1, -0.05) is 13.8 Å². The summed E-state index contributed by atoms with van der Waals surface area (Å²) in [7, 11) is 0. The maximum absolute atomic E-state index is 13.0. The Balaban J connectivity index is 1.97. The van der Waals surface area contributed by atoms with Gasteiger partial charge in [-0.2, -0.15) is 0 Å². The Hall–Kier alpha value is -1.68. The van der Waals surface area contributed by atoms with Crippen LogP contribution in [0, 0.1) is 5.82 Å². The quantitative estimate of drug-likeness (QED) is 0.640. The van der Waals surface area contributed by atoms with Gasteiger partial charge in [0, 0.05) is 17.8 Å². The van der Waals surface area contributed by atoms with Crippen molar-refractivity contribution in [3.63, 3.8) is 0 Å². The van der Waals surface area contributed by atoms with E-state index < -0.39 is 0 Å². The van der Waals surface area contributed by atoms with Gasteiger partial charge in [0.15, 0.2) is 11.5 Å². The summed E-state index contributed by atoms with van der Waals surface area (Å²) in [5.41, 5.74) is 0.546. The van der Waals surface area contributed by atoms with Gasteiger partial charge in [-0.25, -0.2) is 4.39 Å². The fourth-order valence-corrected chi connectivity index (χ4v) is 1.91. The number of carbonyl (C=O) groups is 1. The van der Waals surface area contributed by atoms with E-state index in [0.717, 1.165) is 13.0 Å². The molecule has 0 saturated heterocycles. The minimum atomic E-state index is -0.326. The minimum absolute atomic E-state index is 0.0397. The van der Waals surface area contributed by atoms with E-state index in [-0.39, 0.29) is 11.6 Å². The Labute approximate surface area is 111 Å². The molecular formula is C15H18FNO2. The summed E-state index contributed by atoms with van der Waals surface area (Å²) >= 11 is 0. The van der Waals surface area contributed by atoms with Crippen LogP contribution < -0.4 is 5.32 Å². The largest absolute Gasteiger partial charge is 0.453 e. The van der Waals surface area contributed by atoms with Crippen LogP contribution >= 0.6 is 0 Å². The second kappa shape index (κ2) is 5.97. The molecular weight excluding hydrogens is 245 g/mol. The zero-order valence-electron chi connectivity index (χ0n) is 11.2. The van der Waals surface area contributed by atoms with E-state index in [2.05, 4.69) is 19.2 Å². The first-order valence-electron chi connectivity index (χ1n) is 6.52. The fraction of sp³-hybridized carbons (Fsp3) is 0.400. The maximum atomic E-state index is 13.0. The smallest absolute Gasteiger partial charge is 0.198 e. The van der Waals surface area contributed by atoms with Crippen LogP contribution in [0.25, 0.3) is 11.0 Å². The molecule has 102 valence electrons. The zero-order valence-corrected chi connectivity index (χ0v) is 11.2. The molecule has 1 N–H and O–H groups in total. The molecule has 0 aliphatic heterocycles. The number of nitrogens with one attached hydrogen (secondary N) is 1. The molecule has 1 heterocycles. The van der Waals surface area contributed by atoms with Crippen molar-refractivity contribution in [3.8, 4) is 0 Å². The van der Waals surface area contributed by atoms with E-state index in [1.807, 2.05) is 0 Å². The van der Waals surface area contributed by atoms with Gasteiger partial charge >= 0.3 is 0 Å². The SMILES string of the molecule is CC(C)NCCCC(=O)c1cc2cc(F)ccc2o1. The zero-order chi connectivity index (χ0) is 13.8. The Bertz CT molecular complexity index is 575. The number of fused-ring (bicyclic) bond motifs is 1. The highest BCUT2D eigenvalue weighted by Gasteiger charge is 2.12. The number of carbonyl (C=O) groups excluding carboxylic acids is 1. The summed E-state index contributed by atoms with van der Waals surface area (Å²) in [6.45, 7) is 4.93. The number of benzene rings is 1. The molecule has 1 aromatic heterocycles. The molecule has 0 saturated carbocycles. The first-order valence-corrected chi connectivity index (χ1v) is 6.52. The van der Waals surface area contributed by atoms with Crippen LogP contribution in [0.1, 0.15) is 37.2 Å². The van der Waals surface area contributed by atoms with Crippen molar-refractivity contribution >= 4 is 16.8 Å². The summed E-state index contributed by atoms with van der Waals surface area (Å²) in [5, 5.41) is 3.88. The Morgan fingerprint density at radius 2 is 2.16 bits per heavy atom. The lowest BCUT2D eigenvalue weighted by Gasteiger charge is -2.06. The van der Waals surface area contributed by atoms with Crippen LogP contribution in [-0.2, 0) is 0 Å². The molecule has 0 aliphatic carbocycles. The van der Waals surface area contributed by atoms with Crippen molar-refractivity contribution in [2.75, 3.05) is 6.54 Å². The summed E-state index contributed by atoms with van der Waals surface area (Å²) in [4.78, 5) is 11.9. The topological polar surface area (TPSA) is 42.2 Å². The number of halogens is 1. The molecule has 0 aliphatic rings. The molecule has 4 heteroatoms. The second-order valence-electron chi connectivity index (χ2n) is 4.93. The lowest BCUT2D eigenvalue weighted by Crippen LogP contribution is -2.24. The third-order valence-electron chi connectivity index (χ3n) is 2.89. The third kappa shape index (κ3) is 3.64. The van der Waals surface area contributed by atoms with Gasteiger partial charge < -0.3 is 9.73 Å². The molecule has 2 aromatic rings. The van der Waals surface area contributed by atoms with E-state index >= 15 is 0 Å². The van der Waals surface area contributed by atoms with Crippen molar-refractivity contribution in [2.24, 2.45) is 0 Å². The molecule has 0 unspecified atom stereocenters. The van der Waals surface area contributed by atoms with Gasteiger partial charge in [0.25, 0.3) is 0 Å². The number of hydrogen-bond donors (Lipinski definition) is 1. The second-order valence-corrected chi connectivity index (χ2v) is 4.93. The number of furan rings is 1. The summed E-state index contributed by atoms with van der Waals surface area (Å²) in [5.74, 6) is -0.0549.